The Labute approximate surface area is 125 Å². The van der Waals surface area contributed by atoms with E-state index in [9.17, 15) is 0 Å². The number of methoxy groups -OCH3 is 1. The monoisotopic (exact) mass is 286 g/mol. The molecular formula is C16H22N4O. The molecule has 2 rings (SSSR count). The lowest BCUT2D eigenvalue weighted by molar-refractivity contribution is 0.416. The standard InChI is InChI=1S/C16H22N4O/c1-11(2)16-19-10-13(18-9-8-17)15(20-16)12-6-4-5-7-14(12)21-3/h4-7,10-11,18H,8-9,17H2,1-3H3. The Bertz CT molecular complexity index is 599. The van der Waals surface area contributed by atoms with Gasteiger partial charge >= 0.3 is 0 Å². The van der Waals surface area contributed by atoms with Gasteiger partial charge in [-0.25, -0.2) is 9.97 Å². The molecule has 0 saturated carbocycles. The molecule has 0 fully saturated rings. The van der Waals surface area contributed by atoms with Crippen LogP contribution in [0.1, 0.15) is 25.6 Å². The topological polar surface area (TPSA) is 73.1 Å². The first kappa shape index (κ1) is 15.3. The molecule has 0 aliphatic heterocycles. The lowest BCUT2D eigenvalue weighted by Gasteiger charge is -2.15. The average Bonchev–Trinajstić information content (AvgIpc) is 2.52. The lowest BCUT2D eigenvalue weighted by atomic mass is 10.1. The van der Waals surface area contributed by atoms with Crippen molar-refractivity contribution in [3.63, 3.8) is 0 Å². The number of hydrogen-bond acceptors (Lipinski definition) is 5. The lowest BCUT2D eigenvalue weighted by Crippen LogP contribution is -2.15. The van der Waals surface area contributed by atoms with Gasteiger partial charge in [-0.2, -0.15) is 0 Å². The van der Waals surface area contributed by atoms with Crippen LogP contribution in [0.25, 0.3) is 11.3 Å². The molecule has 1 aromatic carbocycles. The third-order valence-corrected chi connectivity index (χ3v) is 3.15. The Hall–Kier alpha value is -2.14. The molecule has 5 heteroatoms. The van der Waals surface area contributed by atoms with Gasteiger partial charge in [0.05, 0.1) is 19.0 Å². The number of hydrogen-bond donors (Lipinski definition) is 2. The number of rotatable bonds is 6. The molecule has 21 heavy (non-hydrogen) atoms. The van der Waals surface area contributed by atoms with Crippen molar-refractivity contribution in [1.82, 2.24) is 9.97 Å². The van der Waals surface area contributed by atoms with Gasteiger partial charge in [0.25, 0.3) is 0 Å². The second-order valence-corrected chi connectivity index (χ2v) is 5.06. The molecule has 0 spiro atoms. The molecule has 0 atom stereocenters. The number of nitrogens with two attached hydrogens (primary N) is 1. The smallest absolute Gasteiger partial charge is 0.131 e. The molecule has 0 radical (unpaired) electrons. The van der Waals surface area contributed by atoms with Gasteiger partial charge in [0.2, 0.25) is 0 Å². The maximum atomic E-state index is 5.57. The van der Waals surface area contributed by atoms with Crippen molar-refractivity contribution in [2.75, 3.05) is 25.5 Å². The summed E-state index contributed by atoms with van der Waals surface area (Å²) in [4.78, 5) is 9.13. The van der Waals surface area contributed by atoms with E-state index in [4.69, 9.17) is 15.5 Å². The first-order valence-electron chi connectivity index (χ1n) is 7.11. The van der Waals surface area contributed by atoms with Gasteiger partial charge in [0, 0.05) is 24.6 Å². The molecule has 0 bridgehead atoms. The van der Waals surface area contributed by atoms with Crippen molar-refractivity contribution in [2.45, 2.75) is 19.8 Å². The first-order chi connectivity index (χ1) is 10.2. The highest BCUT2D eigenvalue weighted by Gasteiger charge is 2.14. The number of nitrogens with one attached hydrogen (secondary N) is 1. The third kappa shape index (κ3) is 3.49. The summed E-state index contributed by atoms with van der Waals surface area (Å²) in [6.07, 6.45) is 1.82. The van der Waals surface area contributed by atoms with E-state index in [0.717, 1.165) is 28.5 Å². The highest BCUT2D eigenvalue weighted by molar-refractivity contribution is 5.78. The zero-order valence-corrected chi connectivity index (χ0v) is 12.8. The zero-order valence-electron chi connectivity index (χ0n) is 12.8. The van der Waals surface area contributed by atoms with E-state index in [1.165, 1.54) is 0 Å². The van der Waals surface area contributed by atoms with Gasteiger partial charge in [-0.05, 0) is 12.1 Å². The van der Waals surface area contributed by atoms with Crippen molar-refractivity contribution in [2.24, 2.45) is 5.73 Å². The van der Waals surface area contributed by atoms with Crippen molar-refractivity contribution in [3.8, 4) is 17.0 Å². The van der Waals surface area contributed by atoms with E-state index >= 15 is 0 Å². The van der Waals surface area contributed by atoms with Gasteiger partial charge in [-0.1, -0.05) is 26.0 Å². The quantitative estimate of drug-likeness (QED) is 0.854. The van der Waals surface area contributed by atoms with E-state index in [-0.39, 0.29) is 5.92 Å². The zero-order chi connectivity index (χ0) is 15.2. The molecule has 0 aliphatic rings. The molecule has 2 aromatic rings. The Morgan fingerprint density at radius 2 is 2.05 bits per heavy atom. The fraction of sp³-hybridized carbons (Fsp3) is 0.375. The van der Waals surface area contributed by atoms with Crippen molar-refractivity contribution < 1.29 is 4.74 Å². The van der Waals surface area contributed by atoms with Crippen LogP contribution in [0.5, 0.6) is 5.75 Å². The summed E-state index contributed by atoms with van der Waals surface area (Å²) in [5.74, 6) is 1.87. The minimum Gasteiger partial charge on any atom is -0.496 e. The van der Waals surface area contributed by atoms with Crippen LogP contribution in [0.3, 0.4) is 0 Å². The molecule has 0 amide bonds. The SMILES string of the molecule is COc1ccccc1-c1nc(C(C)C)ncc1NCCN. The predicted octanol–water partition coefficient (Wildman–Crippen LogP) is 2.65. The van der Waals surface area contributed by atoms with E-state index in [2.05, 4.69) is 24.1 Å². The minimum atomic E-state index is 0.266. The molecule has 112 valence electrons. The fourth-order valence-corrected chi connectivity index (χ4v) is 2.06. The Morgan fingerprint density at radius 3 is 2.71 bits per heavy atom. The van der Waals surface area contributed by atoms with Gasteiger partial charge in [-0.15, -0.1) is 0 Å². The van der Waals surface area contributed by atoms with Crippen LogP contribution in [0, 0.1) is 0 Å². The molecule has 5 nitrogen and oxygen atoms in total. The summed E-state index contributed by atoms with van der Waals surface area (Å²) in [6, 6.07) is 7.85. The number of aromatic nitrogens is 2. The van der Waals surface area contributed by atoms with E-state index in [0.29, 0.717) is 13.1 Å². The number of para-hydroxylation sites is 1. The van der Waals surface area contributed by atoms with Crippen molar-refractivity contribution in [1.29, 1.82) is 0 Å². The highest BCUT2D eigenvalue weighted by Crippen LogP contribution is 2.33. The fourth-order valence-electron chi connectivity index (χ4n) is 2.06. The van der Waals surface area contributed by atoms with Gasteiger partial charge in [0.1, 0.15) is 17.3 Å². The van der Waals surface area contributed by atoms with Crippen LogP contribution < -0.4 is 15.8 Å². The number of nitrogens with zero attached hydrogens (tertiary/aromatic N) is 2. The van der Waals surface area contributed by atoms with Crippen LogP contribution >= 0.6 is 0 Å². The van der Waals surface area contributed by atoms with E-state index in [1.807, 2.05) is 30.5 Å². The van der Waals surface area contributed by atoms with Crippen LogP contribution in [-0.4, -0.2) is 30.2 Å². The molecule has 3 N–H and O–H groups in total. The molecule has 0 unspecified atom stereocenters. The summed E-state index contributed by atoms with van der Waals surface area (Å²) in [5.41, 5.74) is 8.24. The van der Waals surface area contributed by atoms with Gasteiger partial charge in [-0.3, -0.25) is 0 Å². The molecule has 1 heterocycles. The van der Waals surface area contributed by atoms with Crippen LogP contribution in [0.15, 0.2) is 30.5 Å². The second kappa shape index (κ2) is 7.04. The summed E-state index contributed by atoms with van der Waals surface area (Å²) >= 11 is 0. The van der Waals surface area contributed by atoms with Gasteiger partial charge in [0.15, 0.2) is 0 Å². The largest absolute Gasteiger partial charge is 0.496 e. The van der Waals surface area contributed by atoms with Crippen LogP contribution in [0.2, 0.25) is 0 Å². The highest BCUT2D eigenvalue weighted by atomic mass is 16.5. The van der Waals surface area contributed by atoms with Crippen molar-refractivity contribution in [3.05, 3.63) is 36.3 Å². The molecular weight excluding hydrogens is 264 g/mol. The van der Waals surface area contributed by atoms with Crippen LogP contribution in [-0.2, 0) is 0 Å². The Kier molecular flexibility index (Phi) is 5.11. The maximum Gasteiger partial charge on any atom is 0.131 e. The van der Waals surface area contributed by atoms with Crippen LogP contribution in [0.4, 0.5) is 5.69 Å². The second-order valence-electron chi connectivity index (χ2n) is 5.06. The average molecular weight is 286 g/mol. The normalized spacial score (nSPS) is 10.7. The van der Waals surface area contributed by atoms with E-state index < -0.39 is 0 Å². The molecule has 1 aromatic heterocycles. The summed E-state index contributed by atoms with van der Waals surface area (Å²) < 4.78 is 5.45. The number of ether oxygens (including phenoxy) is 1. The predicted molar refractivity (Wildman–Crippen MR) is 85.7 cm³/mol. The van der Waals surface area contributed by atoms with Crippen molar-refractivity contribution >= 4 is 5.69 Å². The Balaban J connectivity index is 2.54. The number of anilines is 1. The first-order valence-corrected chi connectivity index (χ1v) is 7.11. The summed E-state index contributed by atoms with van der Waals surface area (Å²) in [6.45, 7) is 5.38. The number of benzene rings is 1. The third-order valence-electron chi connectivity index (χ3n) is 3.15. The van der Waals surface area contributed by atoms with E-state index in [1.54, 1.807) is 7.11 Å². The minimum absolute atomic E-state index is 0.266. The summed E-state index contributed by atoms with van der Waals surface area (Å²) in [5, 5.41) is 3.27. The molecule has 0 saturated heterocycles. The van der Waals surface area contributed by atoms with Gasteiger partial charge < -0.3 is 15.8 Å². The summed E-state index contributed by atoms with van der Waals surface area (Å²) in [7, 11) is 1.66. The Morgan fingerprint density at radius 1 is 1.29 bits per heavy atom. The maximum absolute atomic E-state index is 5.57. The molecule has 0 aliphatic carbocycles.